The van der Waals surface area contributed by atoms with Gasteiger partial charge in [-0.2, -0.15) is 0 Å². The predicted molar refractivity (Wildman–Crippen MR) is 106 cm³/mol. The minimum Gasteiger partial charge on any atom is -0.467 e. The zero-order chi connectivity index (χ0) is 20.4. The van der Waals surface area contributed by atoms with Crippen LogP contribution < -0.4 is 10.1 Å². The molecular formula is C22H23FN2O4. The van der Waals surface area contributed by atoms with Gasteiger partial charge in [-0.1, -0.05) is 18.2 Å². The molecule has 0 fully saturated rings. The third-order valence-corrected chi connectivity index (χ3v) is 5.18. The number of nitrogens with one attached hydrogen (secondary N) is 1. The summed E-state index contributed by atoms with van der Waals surface area (Å²) < 4.78 is 30.4. The maximum atomic E-state index is 13.8. The molecule has 3 aromatic rings. The summed E-state index contributed by atoms with van der Waals surface area (Å²) in [4.78, 5) is 14.2. The summed E-state index contributed by atoms with van der Waals surface area (Å²) in [5.74, 6) is 1.03. The van der Waals surface area contributed by atoms with Gasteiger partial charge in [0.05, 0.1) is 12.6 Å². The lowest BCUT2D eigenvalue weighted by Crippen LogP contribution is -2.39. The number of fused-ring (bicyclic) bond motifs is 2. The van der Waals surface area contributed by atoms with Crippen molar-refractivity contribution in [1.82, 2.24) is 10.2 Å². The molecule has 1 aliphatic rings. The summed E-state index contributed by atoms with van der Waals surface area (Å²) in [7, 11) is 1.72. The molecule has 4 rings (SSSR count). The van der Waals surface area contributed by atoms with Gasteiger partial charge in [0.15, 0.2) is 6.79 Å². The first-order chi connectivity index (χ1) is 14.0. The van der Waals surface area contributed by atoms with Gasteiger partial charge in [0.2, 0.25) is 0 Å². The van der Waals surface area contributed by atoms with Crippen LogP contribution in [-0.4, -0.2) is 31.3 Å². The Labute approximate surface area is 168 Å². The monoisotopic (exact) mass is 398 g/mol. The SMILES string of the molecule is CC(c1cc2ccccc2o1)N(C)C(=O)NCCc1cc(F)cc2c1OCOC2. The van der Waals surface area contributed by atoms with Crippen LogP contribution in [-0.2, 0) is 17.8 Å². The van der Waals surface area contributed by atoms with Crippen LogP contribution >= 0.6 is 0 Å². The molecule has 152 valence electrons. The van der Waals surface area contributed by atoms with E-state index in [-0.39, 0.29) is 24.7 Å². The predicted octanol–water partition coefficient (Wildman–Crippen LogP) is 4.38. The van der Waals surface area contributed by atoms with Gasteiger partial charge < -0.3 is 24.1 Å². The van der Waals surface area contributed by atoms with Gasteiger partial charge in [0.1, 0.15) is 22.9 Å². The van der Waals surface area contributed by atoms with Crippen LogP contribution in [0.25, 0.3) is 11.0 Å². The number of carbonyl (C=O) groups excluding carboxylic acids is 1. The first-order valence-electron chi connectivity index (χ1n) is 9.54. The van der Waals surface area contributed by atoms with Gasteiger partial charge in [-0.15, -0.1) is 0 Å². The second kappa shape index (κ2) is 8.13. The molecule has 7 heteroatoms. The van der Waals surface area contributed by atoms with Crippen LogP contribution in [0.5, 0.6) is 5.75 Å². The lowest BCUT2D eigenvalue weighted by molar-refractivity contribution is -0.0172. The highest BCUT2D eigenvalue weighted by atomic mass is 19.1. The standard InChI is InChI=1S/C22H23FN2O4/c1-14(20-11-15-5-3-4-6-19(15)29-20)25(2)22(26)24-8-7-16-9-18(23)10-17-12-27-13-28-21(16)17/h3-6,9-11,14H,7-8,12-13H2,1-2H3,(H,24,26). The number of para-hydroxylation sites is 1. The Hall–Kier alpha value is -3.06. The van der Waals surface area contributed by atoms with Crippen molar-refractivity contribution in [2.24, 2.45) is 0 Å². The van der Waals surface area contributed by atoms with Gasteiger partial charge in [0, 0.05) is 24.5 Å². The molecule has 6 nitrogen and oxygen atoms in total. The summed E-state index contributed by atoms with van der Waals surface area (Å²) >= 11 is 0. The van der Waals surface area contributed by atoms with E-state index in [9.17, 15) is 9.18 Å². The van der Waals surface area contributed by atoms with Crippen LogP contribution in [0.4, 0.5) is 9.18 Å². The van der Waals surface area contributed by atoms with Crippen molar-refractivity contribution in [2.75, 3.05) is 20.4 Å². The van der Waals surface area contributed by atoms with Gasteiger partial charge in [-0.25, -0.2) is 9.18 Å². The van der Waals surface area contributed by atoms with E-state index in [0.29, 0.717) is 30.9 Å². The third-order valence-electron chi connectivity index (χ3n) is 5.18. The zero-order valence-electron chi connectivity index (χ0n) is 16.4. The third kappa shape index (κ3) is 4.05. The van der Waals surface area contributed by atoms with E-state index < -0.39 is 0 Å². The molecular weight excluding hydrogens is 375 g/mol. The molecule has 2 aromatic carbocycles. The van der Waals surface area contributed by atoms with E-state index in [2.05, 4.69) is 5.32 Å². The van der Waals surface area contributed by atoms with E-state index in [1.165, 1.54) is 12.1 Å². The van der Waals surface area contributed by atoms with E-state index in [1.54, 1.807) is 11.9 Å². The fraction of sp³-hybridized carbons (Fsp3) is 0.318. The van der Waals surface area contributed by atoms with E-state index in [0.717, 1.165) is 22.3 Å². The minimum absolute atomic E-state index is 0.149. The van der Waals surface area contributed by atoms with Crippen molar-refractivity contribution in [2.45, 2.75) is 26.0 Å². The number of nitrogens with zero attached hydrogens (tertiary/aromatic N) is 1. The number of rotatable bonds is 5. The summed E-state index contributed by atoms with van der Waals surface area (Å²) in [6, 6.07) is 12.1. The molecule has 29 heavy (non-hydrogen) atoms. The van der Waals surface area contributed by atoms with Crippen molar-refractivity contribution >= 4 is 17.0 Å². The lowest BCUT2D eigenvalue weighted by Gasteiger charge is -2.24. The first-order valence-corrected chi connectivity index (χ1v) is 9.54. The molecule has 0 radical (unpaired) electrons. The highest BCUT2D eigenvalue weighted by Crippen LogP contribution is 2.30. The van der Waals surface area contributed by atoms with E-state index >= 15 is 0 Å². The Morgan fingerprint density at radius 2 is 2.10 bits per heavy atom. The largest absolute Gasteiger partial charge is 0.467 e. The summed E-state index contributed by atoms with van der Waals surface area (Å²) in [6.07, 6.45) is 0.457. The Morgan fingerprint density at radius 3 is 2.93 bits per heavy atom. The Morgan fingerprint density at radius 1 is 1.28 bits per heavy atom. The number of ether oxygens (including phenoxy) is 2. The molecule has 0 saturated carbocycles. The number of benzene rings is 2. The molecule has 1 aromatic heterocycles. The highest BCUT2D eigenvalue weighted by Gasteiger charge is 2.21. The van der Waals surface area contributed by atoms with Gasteiger partial charge in [-0.05, 0) is 43.2 Å². The normalized spacial score (nSPS) is 14.2. The van der Waals surface area contributed by atoms with E-state index in [1.807, 2.05) is 37.3 Å². The lowest BCUT2D eigenvalue weighted by atomic mass is 10.1. The maximum Gasteiger partial charge on any atom is 0.317 e. The van der Waals surface area contributed by atoms with Crippen molar-refractivity contribution in [3.05, 3.63) is 65.2 Å². The second-order valence-corrected chi connectivity index (χ2v) is 7.12. The van der Waals surface area contributed by atoms with Gasteiger partial charge in [-0.3, -0.25) is 0 Å². The van der Waals surface area contributed by atoms with Crippen LogP contribution in [0.2, 0.25) is 0 Å². The number of urea groups is 1. The molecule has 0 bridgehead atoms. The molecule has 2 heterocycles. The van der Waals surface area contributed by atoms with Crippen molar-refractivity contribution < 1.29 is 23.1 Å². The van der Waals surface area contributed by atoms with Crippen LogP contribution in [0, 0.1) is 5.82 Å². The average molecular weight is 398 g/mol. The summed E-state index contributed by atoms with van der Waals surface area (Å²) in [5, 5.41) is 3.88. The zero-order valence-corrected chi connectivity index (χ0v) is 16.4. The molecule has 0 saturated heterocycles. The molecule has 1 unspecified atom stereocenters. The fourth-order valence-corrected chi connectivity index (χ4v) is 3.45. The first kappa shape index (κ1) is 19.3. The minimum atomic E-state index is -0.338. The average Bonchev–Trinajstić information content (AvgIpc) is 3.16. The van der Waals surface area contributed by atoms with Crippen LogP contribution in [0.3, 0.4) is 0 Å². The van der Waals surface area contributed by atoms with Crippen LogP contribution in [0.1, 0.15) is 29.9 Å². The highest BCUT2D eigenvalue weighted by molar-refractivity contribution is 5.78. The number of furan rings is 1. The summed E-state index contributed by atoms with van der Waals surface area (Å²) in [5.41, 5.74) is 2.20. The van der Waals surface area contributed by atoms with E-state index in [4.69, 9.17) is 13.9 Å². The smallest absolute Gasteiger partial charge is 0.317 e. The summed E-state index contributed by atoms with van der Waals surface area (Å²) in [6.45, 7) is 2.74. The Kier molecular flexibility index (Phi) is 5.40. The van der Waals surface area contributed by atoms with Crippen molar-refractivity contribution in [3.8, 4) is 5.75 Å². The molecule has 0 spiro atoms. The molecule has 1 aliphatic heterocycles. The number of amides is 2. The van der Waals surface area contributed by atoms with Gasteiger partial charge in [0.25, 0.3) is 0 Å². The number of hydrogen-bond acceptors (Lipinski definition) is 4. The second-order valence-electron chi connectivity index (χ2n) is 7.12. The Balaban J connectivity index is 1.37. The van der Waals surface area contributed by atoms with Crippen molar-refractivity contribution in [1.29, 1.82) is 0 Å². The fourth-order valence-electron chi connectivity index (χ4n) is 3.45. The number of halogens is 1. The van der Waals surface area contributed by atoms with Crippen LogP contribution in [0.15, 0.2) is 46.9 Å². The molecule has 0 aliphatic carbocycles. The number of carbonyl (C=O) groups is 1. The number of hydrogen-bond donors (Lipinski definition) is 1. The maximum absolute atomic E-state index is 13.8. The quantitative estimate of drug-likeness (QED) is 0.693. The van der Waals surface area contributed by atoms with Crippen molar-refractivity contribution in [3.63, 3.8) is 0 Å². The Bertz CT molecular complexity index is 1000. The molecule has 1 atom stereocenters. The van der Waals surface area contributed by atoms with Gasteiger partial charge >= 0.3 is 6.03 Å². The topological polar surface area (TPSA) is 63.9 Å². The molecule has 1 N–H and O–H groups in total. The molecule has 2 amide bonds.